The van der Waals surface area contributed by atoms with Gasteiger partial charge in [-0.05, 0) is 43.2 Å². The number of pyridine rings is 1. The van der Waals surface area contributed by atoms with Crippen LogP contribution in [0.1, 0.15) is 27.6 Å². The third-order valence-electron chi connectivity index (χ3n) is 3.86. The van der Waals surface area contributed by atoms with Crippen molar-refractivity contribution < 1.29 is 4.79 Å². The van der Waals surface area contributed by atoms with Gasteiger partial charge >= 0.3 is 0 Å². The predicted molar refractivity (Wildman–Crippen MR) is 106 cm³/mol. The smallest absolute Gasteiger partial charge is 0.270 e. The van der Waals surface area contributed by atoms with Crippen LogP contribution in [0.2, 0.25) is 5.02 Å². The Balaban J connectivity index is 1.58. The molecule has 0 saturated carbocycles. The molecule has 0 atom stereocenters. The lowest BCUT2D eigenvalue weighted by Crippen LogP contribution is -2.25. The topological polar surface area (TPSA) is 79.8 Å². The number of anilines is 1. The summed E-state index contributed by atoms with van der Waals surface area (Å²) in [5, 5.41) is 6.79. The maximum atomic E-state index is 12.4. The summed E-state index contributed by atoms with van der Waals surface area (Å²) >= 11 is 5.90. The second-order valence-corrected chi connectivity index (χ2v) is 6.43. The van der Waals surface area contributed by atoms with Gasteiger partial charge in [0.1, 0.15) is 17.3 Å². The number of carbonyl (C=O) groups is 1. The van der Waals surface area contributed by atoms with Gasteiger partial charge in [0.25, 0.3) is 5.91 Å². The lowest BCUT2D eigenvalue weighted by molar-refractivity contribution is 0.0945. The summed E-state index contributed by atoms with van der Waals surface area (Å²) < 4.78 is 0. The van der Waals surface area contributed by atoms with E-state index in [1.54, 1.807) is 19.2 Å². The number of rotatable bonds is 7. The molecule has 2 N–H and O–H groups in total. The van der Waals surface area contributed by atoms with Gasteiger partial charge in [-0.3, -0.25) is 9.78 Å². The van der Waals surface area contributed by atoms with Gasteiger partial charge in [-0.2, -0.15) is 0 Å². The highest BCUT2D eigenvalue weighted by Gasteiger charge is 2.10. The van der Waals surface area contributed by atoms with Crippen LogP contribution in [0.15, 0.2) is 54.7 Å². The largest absolute Gasteiger partial charge is 0.370 e. The van der Waals surface area contributed by atoms with Gasteiger partial charge in [0, 0.05) is 23.8 Å². The summed E-state index contributed by atoms with van der Waals surface area (Å²) in [5.74, 6) is 0.904. The Hall–Kier alpha value is -2.99. The Morgan fingerprint density at radius 3 is 2.67 bits per heavy atom. The fourth-order valence-electron chi connectivity index (χ4n) is 2.52. The van der Waals surface area contributed by atoms with Gasteiger partial charge in [-0.1, -0.05) is 29.8 Å². The number of carbonyl (C=O) groups excluding carboxylic acids is 1. The quantitative estimate of drug-likeness (QED) is 0.655. The molecule has 138 valence electrons. The first-order valence-corrected chi connectivity index (χ1v) is 9.00. The molecule has 3 aromatic rings. The fourth-order valence-corrected chi connectivity index (χ4v) is 2.65. The number of benzene rings is 1. The first-order valence-electron chi connectivity index (χ1n) is 8.62. The van der Waals surface area contributed by atoms with E-state index in [1.165, 1.54) is 5.56 Å². The summed E-state index contributed by atoms with van der Waals surface area (Å²) in [4.78, 5) is 25.1. The zero-order valence-electron chi connectivity index (χ0n) is 14.9. The summed E-state index contributed by atoms with van der Waals surface area (Å²) in [6.07, 6.45) is 2.51. The summed E-state index contributed by atoms with van der Waals surface area (Å²) in [5.41, 5.74) is 2.29. The van der Waals surface area contributed by atoms with Crippen molar-refractivity contribution in [2.24, 2.45) is 0 Å². The summed E-state index contributed by atoms with van der Waals surface area (Å²) in [7, 11) is 0. The number of nitrogens with one attached hydrogen (secondary N) is 2. The highest BCUT2D eigenvalue weighted by atomic mass is 35.5. The van der Waals surface area contributed by atoms with Gasteiger partial charge < -0.3 is 10.6 Å². The zero-order chi connectivity index (χ0) is 19.1. The average molecular weight is 382 g/mol. The molecule has 2 aromatic heterocycles. The Bertz CT molecular complexity index is 900. The molecule has 0 aliphatic rings. The molecule has 2 heterocycles. The fraction of sp³-hybridized carbons (Fsp3) is 0.200. The van der Waals surface area contributed by atoms with Crippen molar-refractivity contribution in [1.29, 1.82) is 0 Å². The molecular formula is C20H20ClN5O. The maximum Gasteiger partial charge on any atom is 0.270 e. The number of hydrogen-bond acceptors (Lipinski definition) is 5. The minimum absolute atomic E-state index is 0.257. The predicted octanol–water partition coefficient (Wildman–Crippen LogP) is 3.42. The molecule has 0 fully saturated rings. The van der Waals surface area contributed by atoms with Gasteiger partial charge in [0.2, 0.25) is 0 Å². The Morgan fingerprint density at radius 2 is 1.93 bits per heavy atom. The van der Waals surface area contributed by atoms with Crippen LogP contribution in [0.3, 0.4) is 0 Å². The van der Waals surface area contributed by atoms with Gasteiger partial charge in [0.05, 0.1) is 12.2 Å². The number of halogens is 1. The van der Waals surface area contributed by atoms with Crippen LogP contribution < -0.4 is 10.6 Å². The standard InChI is InChI=1S/C20H20ClN5O/c1-14-25-18(20(27)24-13-17-4-2-3-10-22-17)12-19(26-14)23-11-9-15-5-7-16(21)8-6-15/h2-8,10,12H,9,11,13H2,1H3,(H,24,27)(H,23,25,26). The lowest BCUT2D eigenvalue weighted by atomic mass is 10.1. The Kier molecular flexibility index (Phi) is 6.33. The molecule has 1 amide bonds. The molecular weight excluding hydrogens is 362 g/mol. The number of hydrogen-bond donors (Lipinski definition) is 2. The van der Waals surface area contributed by atoms with E-state index in [4.69, 9.17) is 11.6 Å². The molecule has 0 radical (unpaired) electrons. The van der Waals surface area contributed by atoms with Crippen molar-refractivity contribution in [3.8, 4) is 0 Å². The number of aryl methyl sites for hydroxylation is 1. The third-order valence-corrected chi connectivity index (χ3v) is 4.11. The molecule has 0 saturated heterocycles. The van der Waals surface area contributed by atoms with Crippen molar-refractivity contribution in [1.82, 2.24) is 20.3 Å². The summed E-state index contributed by atoms with van der Waals surface area (Å²) in [6.45, 7) is 2.80. The summed E-state index contributed by atoms with van der Waals surface area (Å²) in [6, 6.07) is 15.0. The van der Waals surface area contributed by atoms with Crippen LogP contribution in [0.4, 0.5) is 5.82 Å². The second kappa shape index (κ2) is 9.09. The van der Waals surface area contributed by atoms with Crippen molar-refractivity contribution >= 4 is 23.3 Å². The third kappa shape index (κ3) is 5.76. The maximum absolute atomic E-state index is 12.4. The van der Waals surface area contributed by atoms with Crippen LogP contribution in [0, 0.1) is 6.92 Å². The van der Waals surface area contributed by atoms with Gasteiger partial charge in [0.15, 0.2) is 0 Å². The first kappa shape index (κ1) is 18.8. The average Bonchev–Trinajstić information content (AvgIpc) is 2.68. The van der Waals surface area contributed by atoms with E-state index in [-0.39, 0.29) is 5.91 Å². The zero-order valence-corrected chi connectivity index (χ0v) is 15.7. The van der Waals surface area contributed by atoms with Crippen LogP contribution in [0.25, 0.3) is 0 Å². The van der Waals surface area contributed by atoms with Gasteiger partial charge in [-0.25, -0.2) is 9.97 Å². The molecule has 0 spiro atoms. The minimum atomic E-state index is -0.257. The van der Waals surface area contributed by atoms with Crippen molar-refractivity contribution in [2.75, 3.05) is 11.9 Å². The van der Waals surface area contributed by atoms with Gasteiger partial charge in [-0.15, -0.1) is 0 Å². The monoisotopic (exact) mass is 381 g/mol. The first-order chi connectivity index (χ1) is 13.1. The molecule has 3 rings (SSSR count). The molecule has 6 nitrogen and oxygen atoms in total. The molecule has 1 aromatic carbocycles. The van der Waals surface area contributed by atoms with E-state index in [1.807, 2.05) is 42.5 Å². The van der Waals surface area contributed by atoms with E-state index in [0.717, 1.165) is 17.1 Å². The number of amides is 1. The van der Waals surface area contributed by atoms with Crippen LogP contribution in [-0.2, 0) is 13.0 Å². The molecule has 0 aliphatic heterocycles. The van der Waals surface area contributed by atoms with E-state index in [2.05, 4.69) is 25.6 Å². The van der Waals surface area contributed by atoms with Crippen LogP contribution in [0.5, 0.6) is 0 Å². The molecule has 0 aliphatic carbocycles. The Labute approximate surface area is 163 Å². The highest BCUT2D eigenvalue weighted by molar-refractivity contribution is 6.30. The Morgan fingerprint density at radius 1 is 1.11 bits per heavy atom. The number of nitrogens with zero attached hydrogens (tertiary/aromatic N) is 3. The SMILES string of the molecule is Cc1nc(NCCc2ccc(Cl)cc2)cc(C(=O)NCc2ccccn2)n1. The van der Waals surface area contributed by atoms with Crippen molar-refractivity contribution in [3.05, 3.63) is 82.5 Å². The lowest BCUT2D eigenvalue weighted by Gasteiger charge is -2.09. The van der Waals surface area contributed by atoms with E-state index in [0.29, 0.717) is 30.4 Å². The second-order valence-electron chi connectivity index (χ2n) is 5.99. The van der Waals surface area contributed by atoms with Crippen molar-refractivity contribution in [2.45, 2.75) is 19.9 Å². The van der Waals surface area contributed by atoms with E-state index >= 15 is 0 Å². The molecule has 27 heavy (non-hydrogen) atoms. The molecule has 0 bridgehead atoms. The van der Waals surface area contributed by atoms with Crippen molar-refractivity contribution in [3.63, 3.8) is 0 Å². The van der Waals surface area contributed by atoms with Crippen LogP contribution in [-0.4, -0.2) is 27.4 Å². The highest BCUT2D eigenvalue weighted by Crippen LogP contribution is 2.11. The normalized spacial score (nSPS) is 10.4. The van der Waals surface area contributed by atoms with E-state index in [9.17, 15) is 4.79 Å². The molecule has 7 heteroatoms. The number of aromatic nitrogens is 3. The minimum Gasteiger partial charge on any atom is -0.370 e. The van der Waals surface area contributed by atoms with E-state index < -0.39 is 0 Å². The molecule has 0 unspecified atom stereocenters. The van der Waals surface area contributed by atoms with Crippen LogP contribution >= 0.6 is 11.6 Å².